The van der Waals surface area contributed by atoms with Crippen LogP contribution in [-0.2, 0) is 12.0 Å². The third kappa shape index (κ3) is 3.15. The highest BCUT2D eigenvalue weighted by atomic mass is 16.6. The number of aromatic nitrogens is 2. The maximum Gasteiger partial charge on any atom is 0.297 e. The molecule has 0 radical (unpaired) electrons. The first-order chi connectivity index (χ1) is 11.8. The number of fused-ring (bicyclic) bond motifs is 1. The summed E-state index contributed by atoms with van der Waals surface area (Å²) in [6, 6.07) is 10.1. The minimum Gasteiger partial charge on any atom is -0.490 e. The van der Waals surface area contributed by atoms with Crippen molar-refractivity contribution in [2.75, 3.05) is 6.61 Å². The van der Waals surface area contributed by atoms with Gasteiger partial charge in [-0.25, -0.2) is 0 Å². The average Bonchev–Trinajstić information content (AvgIpc) is 3.12. The highest BCUT2D eigenvalue weighted by Crippen LogP contribution is 2.27. The van der Waals surface area contributed by atoms with Crippen molar-refractivity contribution in [3.8, 4) is 17.8 Å². The minimum atomic E-state index is -0.559. The van der Waals surface area contributed by atoms with Gasteiger partial charge in [-0.15, -0.1) is 0 Å². The van der Waals surface area contributed by atoms with Gasteiger partial charge in [0.2, 0.25) is 0 Å². The normalized spacial score (nSPS) is 16.0. The summed E-state index contributed by atoms with van der Waals surface area (Å²) in [5.74, 6) is 0.149. The fraction of sp³-hybridized carbons (Fsp3) is 0.389. The molecular formula is C18H20N4O3. The summed E-state index contributed by atoms with van der Waals surface area (Å²) in [4.78, 5) is 15.4. The standard InChI is InChI=1S/C18H20N4O3/c1-11-15(16(20)23)21-17-22(11)8-14(25-17)9-24-13-6-4-12(5-7-13)18(2,3)10-19/h4-7,14H,8-9H2,1-3H3,(H2,20,23). The quantitative estimate of drug-likeness (QED) is 0.896. The summed E-state index contributed by atoms with van der Waals surface area (Å²) in [6.07, 6.45) is -0.182. The van der Waals surface area contributed by atoms with Crippen molar-refractivity contribution in [3.05, 3.63) is 41.2 Å². The summed E-state index contributed by atoms with van der Waals surface area (Å²) >= 11 is 0. The van der Waals surface area contributed by atoms with E-state index in [1.165, 1.54) is 0 Å². The monoisotopic (exact) mass is 340 g/mol. The predicted molar refractivity (Wildman–Crippen MR) is 90.5 cm³/mol. The van der Waals surface area contributed by atoms with Crippen LogP contribution in [0.2, 0.25) is 0 Å². The molecule has 0 saturated carbocycles. The smallest absolute Gasteiger partial charge is 0.297 e. The molecule has 1 unspecified atom stereocenters. The Kier molecular flexibility index (Phi) is 4.13. The Balaban J connectivity index is 1.60. The van der Waals surface area contributed by atoms with Gasteiger partial charge in [0.05, 0.1) is 23.7 Å². The molecule has 0 bridgehead atoms. The third-order valence-electron chi connectivity index (χ3n) is 4.37. The van der Waals surface area contributed by atoms with Crippen molar-refractivity contribution in [2.45, 2.75) is 38.8 Å². The van der Waals surface area contributed by atoms with Gasteiger partial charge in [-0.3, -0.25) is 9.36 Å². The van der Waals surface area contributed by atoms with E-state index in [0.29, 0.717) is 30.6 Å². The number of hydrogen-bond donors (Lipinski definition) is 1. The molecule has 1 aliphatic heterocycles. The van der Waals surface area contributed by atoms with E-state index >= 15 is 0 Å². The van der Waals surface area contributed by atoms with Crippen LogP contribution in [0.5, 0.6) is 11.8 Å². The number of ether oxygens (including phenoxy) is 2. The number of benzene rings is 1. The van der Waals surface area contributed by atoms with Crippen LogP contribution in [0.4, 0.5) is 0 Å². The number of amides is 1. The van der Waals surface area contributed by atoms with Crippen LogP contribution in [0, 0.1) is 18.3 Å². The maximum atomic E-state index is 11.3. The Hall–Kier alpha value is -3.01. The summed E-state index contributed by atoms with van der Waals surface area (Å²) < 4.78 is 13.3. The highest BCUT2D eigenvalue weighted by molar-refractivity contribution is 5.92. The molecule has 2 heterocycles. The predicted octanol–water partition coefficient (Wildman–Crippen LogP) is 1.93. The third-order valence-corrected chi connectivity index (χ3v) is 4.37. The molecule has 1 aliphatic rings. The SMILES string of the molecule is Cc1c(C(N)=O)nc2n1CC(COc1ccc(C(C)(C)C#N)cc1)O2. The molecular weight excluding hydrogens is 320 g/mol. The number of nitrogens with zero attached hydrogens (tertiary/aromatic N) is 3. The Labute approximate surface area is 146 Å². The number of imidazole rings is 1. The number of nitriles is 1. The van der Waals surface area contributed by atoms with Gasteiger partial charge in [0.1, 0.15) is 12.4 Å². The second-order valence-electron chi connectivity index (χ2n) is 6.62. The summed E-state index contributed by atoms with van der Waals surface area (Å²) in [7, 11) is 0. The Morgan fingerprint density at radius 1 is 1.48 bits per heavy atom. The summed E-state index contributed by atoms with van der Waals surface area (Å²) in [6.45, 7) is 6.45. The topological polar surface area (TPSA) is 103 Å². The van der Waals surface area contributed by atoms with E-state index < -0.39 is 11.3 Å². The molecule has 1 atom stereocenters. The molecule has 3 rings (SSSR count). The van der Waals surface area contributed by atoms with Crippen molar-refractivity contribution >= 4 is 5.91 Å². The van der Waals surface area contributed by atoms with Crippen LogP contribution in [0.3, 0.4) is 0 Å². The van der Waals surface area contributed by atoms with Crippen LogP contribution in [-0.4, -0.2) is 28.2 Å². The number of hydrogen-bond acceptors (Lipinski definition) is 5. The van der Waals surface area contributed by atoms with Gasteiger partial charge in [0.15, 0.2) is 11.8 Å². The molecule has 2 N–H and O–H groups in total. The number of carbonyl (C=O) groups excluding carboxylic acids is 1. The minimum absolute atomic E-state index is 0.182. The van der Waals surface area contributed by atoms with Gasteiger partial charge in [-0.05, 0) is 38.5 Å². The zero-order chi connectivity index (χ0) is 18.2. The molecule has 1 aromatic carbocycles. The van der Waals surface area contributed by atoms with Crippen molar-refractivity contribution in [1.29, 1.82) is 5.26 Å². The molecule has 7 nitrogen and oxygen atoms in total. The van der Waals surface area contributed by atoms with E-state index in [4.69, 9.17) is 15.2 Å². The lowest BCUT2D eigenvalue weighted by Gasteiger charge is -2.16. The van der Waals surface area contributed by atoms with Gasteiger partial charge >= 0.3 is 0 Å². The van der Waals surface area contributed by atoms with Crippen molar-refractivity contribution in [2.24, 2.45) is 5.73 Å². The molecule has 25 heavy (non-hydrogen) atoms. The van der Waals surface area contributed by atoms with Crippen LogP contribution < -0.4 is 15.2 Å². The highest BCUT2D eigenvalue weighted by Gasteiger charge is 2.29. The van der Waals surface area contributed by atoms with Crippen molar-refractivity contribution < 1.29 is 14.3 Å². The largest absolute Gasteiger partial charge is 0.490 e. The van der Waals surface area contributed by atoms with Gasteiger partial charge in [-0.2, -0.15) is 10.2 Å². The van der Waals surface area contributed by atoms with Gasteiger partial charge in [0.25, 0.3) is 11.9 Å². The van der Waals surface area contributed by atoms with E-state index in [2.05, 4.69) is 11.1 Å². The summed E-state index contributed by atoms with van der Waals surface area (Å²) in [5, 5.41) is 9.17. The fourth-order valence-corrected chi connectivity index (χ4v) is 2.74. The van der Waals surface area contributed by atoms with Crippen LogP contribution in [0.15, 0.2) is 24.3 Å². The first-order valence-corrected chi connectivity index (χ1v) is 8.00. The molecule has 1 aromatic heterocycles. The van der Waals surface area contributed by atoms with E-state index in [9.17, 15) is 10.1 Å². The summed E-state index contributed by atoms with van der Waals surface area (Å²) in [5.41, 5.74) is 6.63. The molecule has 130 valence electrons. The number of nitrogens with two attached hydrogens (primary N) is 1. The molecule has 7 heteroatoms. The lowest BCUT2D eigenvalue weighted by Crippen LogP contribution is -2.24. The Morgan fingerprint density at radius 3 is 2.72 bits per heavy atom. The lowest BCUT2D eigenvalue weighted by atomic mass is 9.86. The second-order valence-corrected chi connectivity index (χ2v) is 6.62. The zero-order valence-electron chi connectivity index (χ0n) is 14.4. The second kappa shape index (κ2) is 6.13. The molecule has 0 spiro atoms. The van der Waals surface area contributed by atoms with E-state index in [-0.39, 0.29) is 11.8 Å². The van der Waals surface area contributed by atoms with Crippen LogP contribution >= 0.6 is 0 Å². The van der Waals surface area contributed by atoms with Crippen LogP contribution in [0.1, 0.15) is 35.6 Å². The van der Waals surface area contributed by atoms with Gasteiger partial charge < -0.3 is 15.2 Å². The number of primary amides is 1. The van der Waals surface area contributed by atoms with Crippen molar-refractivity contribution in [1.82, 2.24) is 9.55 Å². The lowest BCUT2D eigenvalue weighted by molar-refractivity contribution is 0.0992. The number of rotatable bonds is 5. The Morgan fingerprint density at radius 2 is 2.16 bits per heavy atom. The van der Waals surface area contributed by atoms with E-state index in [1.807, 2.05) is 42.7 Å². The molecule has 2 aromatic rings. The first kappa shape index (κ1) is 16.8. The average molecular weight is 340 g/mol. The Bertz CT molecular complexity index is 846. The van der Waals surface area contributed by atoms with Crippen molar-refractivity contribution in [3.63, 3.8) is 0 Å². The maximum absolute atomic E-state index is 11.3. The molecule has 0 aliphatic carbocycles. The molecule has 1 amide bonds. The van der Waals surface area contributed by atoms with E-state index in [1.54, 1.807) is 6.92 Å². The zero-order valence-corrected chi connectivity index (χ0v) is 14.4. The fourth-order valence-electron chi connectivity index (χ4n) is 2.74. The number of carbonyl (C=O) groups is 1. The van der Waals surface area contributed by atoms with Gasteiger partial charge in [0, 0.05) is 0 Å². The van der Waals surface area contributed by atoms with Gasteiger partial charge in [-0.1, -0.05) is 12.1 Å². The molecule has 0 saturated heterocycles. The molecule has 0 fully saturated rings. The first-order valence-electron chi connectivity index (χ1n) is 8.00. The van der Waals surface area contributed by atoms with Crippen LogP contribution in [0.25, 0.3) is 0 Å². The van der Waals surface area contributed by atoms with E-state index in [0.717, 1.165) is 5.56 Å².